The Bertz CT molecular complexity index is 808. The third-order valence-electron chi connectivity index (χ3n) is 4.24. The van der Waals surface area contributed by atoms with Gasteiger partial charge in [-0.25, -0.2) is 5.43 Å². The molecule has 0 atom stereocenters. The van der Waals surface area contributed by atoms with Crippen LogP contribution in [0.15, 0.2) is 47.7 Å². The van der Waals surface area contributed by atoms with Crippen LogP contribution in [0.5, 0.6) is 5.75 Å². The molecule has 2 aromatic rings. The minimum atomic E-state index is -0.277. The fourth-order valence-corrected chi connectivity index (χ4v) is 2.87. The minimum absolute atomic E-state index is 0. The molecule has 0 spiro atoms. The molecular formula is C20H25ClN4O2. The first-order valence-electron chi connectivity index (χ1n) is 8.83. The number of para-hydroxylation sites is 1. The number of hydrazone groups is 1. The summed E-state index contributed by atoms with van der Waals surface area (Å²) in [6, 6.07) is 11.2. The van der Waals surface area contributed by atoms with Crippen molar-refractivity contribution in [2.45, 2.75) is 19.3 Å². The van der Waals surface area contributed by atoms with Crippen LogP contribution in [0.4, 0.5) is 0 Å². The molecule has 144 valence electrons. The van der Waals surface area contributed by atoms with Crippen LogP contribution in [-0.2, 0) is 6.42 Å². The standard InChI is InChI=1S/C20H24N4O2.ClH/c1-24(2)13-14-26-18-11-4-3-9-16(18)20(25)23-22-17-10-5-7-15-8-6-12-21-19(15)17;/h3-4,6,8-9,11-12H,5,7,10,13-14H2,1-2H3,(H,23,25);1H/b22-17+;. The van der Waals surface area contributed by atoms with Gasteiger partial charge in [-0.1, -0.05) is 18.2 Å². The second-order valence-corrected chi connectivity index (χ2v) is 6.51. The van der Waals surface area contributed by atoms with Crippen LogP contribution in [0, 0.1) is 0 Å². The molecule has 6 nitrogen and oxygen atoms in total. The van der Waals surface area contributed by atoms with Crippen molar-refractivity contribution in [3.8, 4) is 5.75 Å². The van der Waals surface area contributed by atoms with E-state index in [4.69, 9.17) is 4.74 Å². The normalized spacial score (nSPS) is 14.4. The van der Waals surface area contributed by atoms with Crippen molar-refractivity contribution in [3.63, 3.8) is 0 Å². The van der Waals surface area contributed by atoms with Gasteiger partial charge < -0.3 is 9.64 Å². The first-order valence-corrected chi connectivity index (χ1v) is 8.83. The summed E-state index contributed by atoms with van der Waals surface area (Å²) < 4.78 is 5.75. The Labute approximate surface area is 166 Å². The molecule has 3 rings (SSSR count). The number of likely N-dealkylation sites (N-methyl/N-ethyl adjacent to an activating group) is 1. The predicted octanol–water partition coefficient (Wildman–Crippen LogP) is 2.91. The molecular weight excluding hydrogens is 364 g/mol. The highest BCUT2D eigenvalue weighted by atomic mass is 35.5. The van der Waals surface area contributed by atoms with Crippen LogP contribution in [0.25, 0.3) is 0 Å². The van der Waals surface area contributed by atoms with Gasteiger partial charge in [-0.15, -0.1) is 12.4 Å². The summed E-state index contributed by atoms with van der Waals surface area (Å²) in [5.74, 6) is 0.287. The minimum Gasteiger partial charge on any atom is -0.491 e. The maximum Gasteiger partial charge on any atom is 0.275 e. The van der Waals surface area contributed by atoms with Crippen LogP contribution in [0.3, 0.4) is 0 Å². The van der Waals surface area contributed by atoms with E-state index in [2.05, 4.69) is 21.6 Å². The molecule has 1 aromatic heterocycles. The van der Waals surface area contributed by atoms with Gasteiger partial charge in [0.15, 0.2) is 0 Å². The van der Waals surface area contributed by atoms with Crippen molar-refractivity contribution in [2.75, 3.05) is 27.2 Å². The highest BCUT2D eigenvalue weighted by molar-refractivity contribution is 6.03. The first-order chi connectivity index (χ1) is 12.6. The zero-order valence-corrected chi connectivity index (χ0v) is 16.5. The summed E-state index contributed by atoms with van der Waals surface area (Å²) in [7, 11) is 3.96. The number of carbonyl (C=O) groups is 1. The lowest BCUT2D eigenvalue weighted by Crippen LogP contribution is -2.24. The molecule has 0 unspecified atom stereocenters. The highest BCUT2D eigenvalue weighted by Gasteiger charge is 2.17. The number of halogens is 1. The Hall–Kier alpha value is -2.44. The van der Waals surface area contributed by atoms with Crippen LogP contribution < -0.4 is 10.2 Å². The zero-order valence-electron chi connectivity index (χ0n) is 15.6. The SMILES string of the molecule is CN(C)CCOc1ccccc1C(=O)N/N=C1\CCCc2cccnc21.Cl. The molecule has 1 aromatic carbocycles. The molecule has 0 saturated heterocycles. The fraction of sp³-hybridized carbons (Fsp3) is 0.350. The van der Waals surface area contributed by atoms with Gasteiger partial charge in [-0.3, -0.25) is 9.78 Å². The number of carbonyl (C=O) groups excluding carboxylic acids is 1. The topological polar surface area (TPSA) is 66.8 Å². The lowest BCUT2D eigenvalue weighted by atomic mass is 9.95. The Balaban J connectivity index is 0.00000261. The second-order valence-electron chi connectivity index (χ2n) is 6.51. The molecule has 1 aliphatic carbocycles. The molecule has 27 heavy (non-hydrogen) atoms. The van der Waals surface area contributed by atoms with E-state index in [0.29, 0.717) is 17.9 Å². The molecule has 1 aliphatic rings. The van der Waals surface area contributed by atoms with Gasteiger partial charge >= 0.3 is 0 Å². The number of ether oxygens (including phenoxy) is 1. The Morgan fingerprint density at radius 2 is 2.04 bits per heavy atom. The number of hydrogen-bond donors (Lipinski definition) is 1. The summed E-state index contributed by atoms with van der Waals surface area (Å²) >= 11 is 0. The molecule has 7 heteroatoms. The summed E-state index contributed by atoms with van der Waals surface area (Å²) in [5.41, 5.74) is 6.04. The van der Waals surface area contributed by atoms with Crippen LogP contribution in [0.2, 0.25) is 0 Å². The molecule has 0 fully saturated rings. The van der Waals surface area contributed by atoms with E-state index in [9.17, 15) is 4.79 Å². The van der Waals surface area contributed by atoms with E-state index in [0.717, 1.165) is 37.2 Å². The lowest BCUT2D eigenvalue weighted by Gasteiger charge is -2.16. The number of aryl methyl sites for hydroxylation is 1. The summed E-state index contributed by atoms with van der Waals surface area (Å²) in [5, 5.41) is 4.34. The number of benzene rings is 1. The molecule has 0 bridgehead atoms. The van der Waals surface area contributed by atoms with Crippen molar-refractivity contribution in [1.82, 2.24) is 15.3 Å². The Morgan fingerprint density at radius 3 is 2.85 bits per heavy atom. The van der Waals surface area contributed by atoms with Gasteiger partial charge in [0.1, 0.15) is 12.4 Å². The van der Waals surface area contributed by atoms with E-state index in [-0.39, 0.29) is 18.3 Å². The van der Waals surface area contributed by atoms with Crippen molar-refractivity contribution in [2.24, 2.45) is 5.10 Å². The third-order valence-corrected chi connectivity index (χ3v) is 4.24. The Kier molecular flexibility index (Phi) is 7.76. The second kappa shape index (κ2) is 10.0. The molecule has 0 aliphatic heterocycles. The van der Waals surface area contributed by atoms with Gasteiger partial charge in [0, 0.05) is 12.7 Å². The average Bonchev–Trinajstić information content (AvgIpc) is 2.66. The largest absolute Gasteiger partial charge is 0.491 e. The Morgan fingerprint density at radius 1 is 1.22 bits per heavy atom. The van der Waals surface area contributed by atoms with E-state index in [1.165, 1.54) is 5.56 Å². The van der Waals surface area contributed by atoms with Gasteiger partial charge in [0.05, 0.1) is 17.0 Å². The van der Waals surface area contributed by atoms with E-state index < -0.39 is 0 Å². The fourth-order valence-electron chi connectivity index (χ4n) is 2.87. The van der Waals surface area contributed by atoms with Crippen molar-refractivity contribution in [3.05, 3.63) is 59.4 Å². The smallest absolute Gasteiger partial charge is 0.275 e. The number of rotatable bonds is 6. The van der Waals surface area contributed by atoms with Gasteiger partial charge in [-0.05, 0) is 57.1 Å². The number of pyridine rings is 1. The molecule has 0 saturated carbocycles. The van der Waals surface area contributed by atoms with Crippen molar-refractivity contribution in [1.29, 1.82) is 0 Å². The monoisotopic (exact) mass is 388 g/mol. The maximum atomic E-state index is 12.6. The van der Waals surface area contributed by atoms with E-state index in [1.807, 2.05) is 37.2 Å². The quantitative estimate of drug-likeness (QED) is 0.772. The number of nitrogens with zero attached hydrogens (tertiary/aromatic N) is 3. The molecule has 1 heterocycles. The van der Waals surface area contributed by atoms with E-state index in [1.54, 1.807) is 18.3 Å². The van der Waals surface area contributed by atoms with Crippen molar-refractivity contribution >= 4 is 24.0 Å². The number of hydrogen-bond acceptors (Lipinski definition) is 5. The third kappa shape index (κ3) is 5.52. The van der Waals surface area contributed by atoms with Gasteiger partial charge in [0.2, 0.25) is 0 Å². The number of aromatic nitrogens is 1. The summed E-state index contributed by atoms with van der Waals surface area (Å²) in [4.78, 5) is 19.0. The van der Waals surface area contributed by atoms with Crippen molar-refractivity contribution < 1.29 is 9.53 Å². The average molecular weight is 389 g/mol. The molecule has 1 N–H and O–H groups in total. The summed E-state index contributed by atoms with van der Waals surface area (Å²) in [6.45, 7) is 1.30. The van der Waals surface area contributed by atoms with Crippen LogP contribution in [-0.4, -0.2) is 48.7 Å². The predicted molar refractivity (Wildman–Crippen MR) is 109 cm³/mol. The molecule has 0 radical (unpaired) electrons. The van der Waals surface area contributed by atoms with Gasteiger partial charge in [0.25, 0.3) is 5.91 Å². The van der Waals surface area contributed by atoms with Gasteiger partial charge in [-0.2, -0.15) is 5.10 Å². The molecule has 1 amide bonds. The number of fused-ring (bicyclic) bond motifs is 1. The van der Waals surface area contributed by atoms with Crippen LogP contribution in [0.1, 0.15) is 34.5 Å². The maximum absolute atomic E-state index is 12.6. The summed E-state index contributed by atoms with van der Waals surface area (Å²) in [6.07, 6.45) is 4.58. The lowest BCUT2D eigenvalue weighted by molar-refractivity contribution is 0.0950. The number of nitrogens with one attached hydrogen (secondary N) is 1. The zero-order chi connectivity index (χ0) is 18.4. The van der Waals surface area contributed by atoms with Crippen LogP contribution >= 0.6 is 12.4 Å². The number of amides is 1. The highest BCUT2D eigenvalue weighted by Crippen LogP contribution is 2.20. The first kappa shape index (κ1) is 20.9. The van der Waals surface area contributed by atoms with E-state index >= 15 is 0 Å².